The summed E-state index contributed by atoms with van der Waals surface area (Å²) in [5.74, 6) is 2.52. The maximum absolute atomic E-state index is 5.41. The molecule has 1 aromatic heterocycles. The van der Waals surface area contributed by atoms with E-state index in [0.29, 0.717) is 0 Å². The molecule has 0 unspecified atom stereocenters. The zero-order valence-corrected chi connectivity index (χ0v) is 9.50. The van der Waals surface area contributed by atoms with Gasteiger partial charge in [-0.3, -0.25) is 0 Å². The first kappa shape index (κ1) is 11.1. The highest BCUT2D eigenvalue weighted by Gasteiger charge is 1.93. The summed E-state index contributed by atoms with van der Waals surface area (Å²) in [4.78, 5) is 1.51. The molecule has 0 saturated heterocycles. The van der Waals surface area contributed by atoms with Crippen molar-refractivity contribution in [3.63, 3.8) is 0 Å². The van der Waals surface area contributed by atoms with Crippen molar-refractivity contribution in [2.75, 3.05) is 18.1 Å². The van der Waals surface area contributed by atoms with Gasteiger partial charge < -0.3 is 5.73 Å². The van der Waals surface area contributed by atoms with E-state index in [1.165, 1.54) is 35.6 Å². The molecule has 0 spiro atoms. The third-order valence-corrected chi connectivity index (χ3v) is 3.82. The van der Waals surface area contributed by atoms with Gasteiger partial charge in [0.2, 0.25) is 0 Å². The van der Waals surface area contributed by atoms with Gasteiger partial charge in [0.25, 0.3) is 0 Å². The van der Waals surface area contributed by atoms with E-state index >= 15 is 0 Å². The number of hydrogen-bond acceptors (Lipinski definition) is 3. The third kappa shape index (κ3) is 5.34. The van der Waals surface area contributed by atoms with E-state index in [1.807, 2.05) is 23.1 Å². The van der Waals surface area contributed by atoms with E-state index in [9.17, 15) is 0 Å². The van der Waals surface area contributed by atoms with Gasteiger partial charge in [0, 0.05) is 4.88 Å². The van der Waals surface area contributed by atoms with Gasteiger partial charge in [-0.25, -0.2) is 0 Å². The molecular weight excluding hydrogens is 198 g/mol. The Balaban J connectivity index is 1.90. The Labute approximate surface area is 88.7 Å². The minimum Gasteiger partial charge on any atom is -0.330 e. The number of nitrogens with two attached hydrogens (primary N) is 1. The first-order valence-electron chi connectivity index (χ1n) is 4.73. The van der Waals surface area contributed by atoms with E-state index in [2.05, 4.69) is 17.5 Å². The lowest BCUT2D eigenvalue weighted by atomic mass is 10.3. The molecule has 0 aliphatic rings. The van der Waals surface area contributed by atoms with Crippen LogP contribution in [0.25, 0.3) is 0 Å². The Morgan fingerprint density at radius 3 is 2.92 bits per heavy atom. The molecule has 0 aliphatic heterocycles. The highest BCUT2D eigenvalue weighted by Crippen LogP contribution is 2.13. The zero-order valence-electron chi connectivity index (χ0n) is 7.87. The smallest absolute Gasteiger partial charge is 0.00534 e. The van der Waals surface area contributed by atoms with E-state index in [4.69, 9.17) is 5.73 Å². The highest BCUT2D eigenvalue weighted by molar-refractivity contribution is 7.99. The maximum Gasteiger partial charge on any atom is 0.00534 e. The summed E-state index contributed by atoms with van der Waals surface area (Å²) in [6.45, 7) is 0.839. The van der Waals surface area contributed by atoms with Gasteiger partial charge in [-0.2, -0.15) is 11.8 Å². The van der Waals surface area contributed by atoms with Crippen LogP contribution in [0.2, 0.25) is 0 Å². The van der Waals surface area contributed by atoms with Crippen molar-refractivity contribution in [3.05, 3.63) is 22.4 Å². The maximum atomic E-state index is 5.41. The van der Waals surface area contributed by atoms with Crippen molar-refractivity contribution in [2.24, 2.45) is 5.73 Å². The van der Waals surface area contributed by atoms with Gasteiger partial charge in [-0.05, 0) is 48.8 Å². The molecule has 0 aliphatic carbocycles. The molecule has 1 heterocycles. The SMILES string of the molecule is NCCCCSCCc1cccs1. The summed E-state index contributed by atoms with van der Waals surface area (Å²) in [5, 5.41) is 2.15. The van der Waals surface area contributed by atoms with E-state index in [1.54, 1.807) is 0 Å². The number of thiophene rings is 1. The lowest BCUT2D eigenvalue weighted by Crippen LogP contribution is -1.98. The molecule has 1 nitrogen and oxygen atoms in total. The summed E-state index contributed by atoms with van der Waals surface area (Å²) < 4.78 is 0. The molecule has 0 fully saturated rings. The Morgan fingerprint density at radius 2 is 2.23 bits per heavy atom. The molecule has 0 saturated carbocycles. The molecule has 2 N–H and O–H groups in total. The summed E-state index contributed by atoms with van der Waals surface area (Å²) in [5.41, 5.74) is 5.41. The van der Waals surface area contributed by atoms with Crippen LogP contribution >= 0.6 is 23.1 Å². The largest absolute Gasteiger partial charge is 0.330 e. The number of hydrogen-bond donors (Lipinski definition) is 1. The molecule has 0 radical (unpaired) electrons. The summed E-state index contributed by atoms with van der Waals surface area (Å²) in [6.07, 6.45) is 3.67. The molecule has 1 aromatic rings. The molecule has 3 heteroatoms. The zero-order chi connectivity index (χ0) is 9.36. The van der Waals surface area contributed by atoms with Crippen molar-refractivity contribution >= 4 is 23.1 Å². The first-order valence-corrected chi connectivity index (χ1v) is 6.77. The lowest BCUT2D eigenvalue weighted by Gasteiger charge is -1.99. The molecule has 0 aromatic carbocycles. The fraction of sp³-hybridized carbons (Fsp3) is 0.600. The van der Waals surface area contributed by atoms with Crippen molar-refractivity contribution < 1.29 is 0 Å². The first-order chi connectivity index (χ1) is 6.43. The summed E-state index contributed by atoms with van der Waals surface area (Å²) in [7, 11) is 0. The Kier molecular flexibility index (Phi) is 6.33. The molecule has 0 amide bonds. The minimum absolute atomic E-state index is 0.839. The van der Waals surface area contributed by atoms with Gasteiger partial charge in [-0.1, -0.05) is 6.07 Å². The topological polar surface area (TPSA) is 26.0 Å². The summed E-state index contributed by atoms with van der Waals surface area (Å²) in [6, 6.07) is 4.34. The molecule has 1 rings (SSSR count). The van der Waals surface area contributed by atoms with Crippen LogP contribution in [0.5, 0.6) is 0 Å². The number of rotatable bonds is 7. The molecule has 13 heavy (non-hydrogen) atoms. The Hall–Kier alpha value is 0.01000. The van der Waals surface area contributed by atoms with Crippen LogP contribution in [0.3, 0.4) is 0 Å². The second-order valence-electron chi connectivity index (χ2n) is 2.94. The van der Waals surface area contributed by atoms with Crippen molar-refractivity contribution in [3.8, 4) is 0 Å². The van der Waals surface area contributed by atoms with Crippen molar-refractivity contribution in [1.29, 1.82) is 0 Å². The average molecular weight is 215 g/mol. The average Bonchev–Trinajstić information content (AvgIpc) is 2.63. The van der Waals surface area contributed by atoms with Crippen LogP contribution in [-0.4, -0.2) is 18.1 Å². The van der Waals surface area contributed by atoms with Gasteiger partial charge in [0.05, 0.1) is 0 Å². The van der Waals surface area contributed by atoms with Crippen LogP contribution in [-0.2, 0) is 6.42 Å². The van der Waals surface area contributed by atoms with Gasteiger partial charge in [-0.15, -0.1) is 11.3 Å². The van der Waals surface area contributed by atoms with E-state index in [-0.39, 0.29) is 0 Å². The normalized spacial score (nSPS) is 10.5. The second-order valence-corrected chi connectivity index (χ2v) is 5.19. The molecule has 0 bridgehead atoms. The van der Waals surface area contributed by atoms with Crippen molar-refractivity contribution in [1.82, 2.24) is 0 Å². The summed E-state index contributed by atoms with van der Waals surface area (Å²) >= 11 is 3.90. The minimum atomic E-state index is 0.839. The van der Waals surface area contributed by atoms with E-state index in [0.717, 1.165) is 6.54 Å². The fourth-order valence-corrected chi connectivity index (χ4v) is 2.89. The highest BCUT2D eigenvalue weighted by atomic mass is 32.2. The number of thioether (sulfide) groups is 1. The lowest BCUT2D eigenvalue weighted by molar-refractivity contribution is 0.814. The molecule has 74 valence electrons. The van der Waals surface area contributed by atoms with E-state index < -0.39 is 0 Å². The van der Waals surface area contributed by atoms with Crippen LogP contribution in [0.1, 0.15) is 17.7 Å². The number of aryl methyl sites for hydroxylation is 1. The van der Waals surface area contributed by atoms with Crippen molar-refractivity contribution in [2.45, 2.75) is 19.3 Å². The van der Waals surface area contributed by atoms with Gasteiger partial charge >= 0.3 is 0 Å². The second kappa shape index (κ2) is 7.42. The predicted molar refractivity (Wildman–Crippen MR) is 63.6 cm³/mol. The number of unbranched alkanes of at least 4 members (excludes halogenated alkanes) is 1. The predicted octanol–water partition coefficient (Wildman–Crippen LogP) is 2.76. The van der Waals surface area contributed by atoms with Crippen LogP contribution in [0.4, 0.5) is 0 Å². The van der Waals surface area contributed by atoms with Crippen LogP contribution in [0.15, 0.2) is 17.5 Å². The molecule has 0 atom stereocenters. The molecular formula is C10H17NS2. The van der Waals surface area contributed by atoms with Gasteiger partial charge in [0.1, 0.15) is 0 Å². The van der Waals surface area contributed by atoms with Crippen LogP contribution in [0, 0.1) is 0 Å². The Bertz CT molecular complexity index is 197. The van der Waals surface area contributed by atoms with Crippen LogP contribution < -0.4 is 5.73 Å². The third-order valence-electron chi connectivity index (χ3n) is 1.82. The Morgan fingerprint density at radius 1 is 1.31 bits per heavy atom. The standard InChI is InChI=1S/C10H17NS2/c11-6-1-2-7-12-9-5-10-4-3-8-13-10/h3-4,8H,1-2,5-7,9,11H2. The van der Waals surface area contributed by atoms with Gasteiger partial charge in [0.15, 0.2) is 0 Å². The fourth-order valence-electron chi connectivity index (χ4n) is 1.08. The quantitative estimate of drug-likeness (QED) is 0.708. The monoisotopic (exact) mass is 215 g/mol.